The summed E-state index contributed by atoms with van der Waals surface area (Å²) >= 11 is 0. The van der Waals surface area contributed by atoms with E-state index in [9.17, 15) is 18.0 Å². The van der Waals surface area contributed by atoms with Crippen molar-refractivity contribution in [1.29, 1.82) is 0 Å². The summed E-state index contributed by atoms with van der Waals surface area (Å²) < 4.78 is 28.7. The van der Waals surface area contributed by atoms with Crippen LogP contribution in [0.25, 0.3) is 5.69 Å². The summed E-state index contributed by atoms with van der Waals surface area (Å²) in [7, 11) is -3.75. The van der Waals surface area contributed by atoms with E-state index in [2.05, 4.69) is 10.4 Å². The summed E-state index contributed by atoms with van der Waals surface area (Å²) in [5.41, 5.74) is 0.746. The number of piperazine rings is 2. The molecule has 1 atom stereocenters. The highest BCUT2D eigenvalue weighted by Crippen LogP contribution is 2.22. The zero-order chi connectivity index (χ0) is 18.3. The molecule has 1 unspecified atom stereocenters. The van der Waals surface area contributed by atoms with Crippen molar-refractivity contribution in [3.63, 3.8) is 0 Å². The minimum Gasteiger partial charge on any atom is -0.345 e. The maximum absolute atomic E-state index is 12.9. The summed E-state index contributed by atoms with van der Waals surface area (Å²) in [6, 6.07) is 7.39. The van der Waals surface area contributed by atoms with Crippen LogP contribution in [0, 0.1) is 0 Å². The third kappa shape index (κ3) is 2.76. The summed E-state index contributed by atoms with van der Waals surface area (Å²) in [6.07, 6.45) is 3.40. The van der Waals surface area contributed by atoms with Gasteiger partial charge in [-0.1, -0.05) is 0 Å². The van der Waals surface area contributed by atoms with Crippen molar-refractivity contribution >= 4 is 21.8 Å². The molecule has 0 aliphatic carbocycles. The average molecular weight is 375 g/mol. The smallest absolute Gasteiger partial charge is 0.244 e. The van der Waals surface area contributed by atoms with E-state index in [1.54, 1.807) is 35.3 Å². The van der Waals surface area contributed by atoms with E-state index in [-0.39, 0.29) is 42.9 Å². The van der Waals surface area contributed by atoms with Gasteiger partial charge in [0.05, 0.1) is 17.1 Å². The lowest BCUT2D eigenvalue weighted by Gasteiger charge is -2.42. The van der Waals surface area contributed by atoms with Crippen molar-refractivity contribution in [2.45, 2.75) is 10.9 Å². The number of amides is 2. The molecule has 0 spiro atoms. The normalized spacial score (nSPS) is 21.4. The number of nitrogens with one attached hydrogen (secondary N) is 1. The fraction of sp³-hybridized carbons (Fsp3) is 0.312. The number of hydrogen-bond donors (Lipinski definition) is 1. The SMILES string of the molecule is O=C1NCC(=O)N2CCN(S(=O)(=O)c3ccc(-n4cccn4)cc3)CC12. The second-order valence-corrected chi connectivity index (χ2v) is 8.07. The van der Waals surface area contributed by atoms with Gasteiger partial charge in [0.15, 0.2) is 0 Å². The summed E-state index contributed by atoms with van der Waals surface area (Å²) in [5, 5.41) is 6.61. The molecule has 0 radical (unpaired) electrons. The van der Waals surface area contributed by atoms with E-state index in [1.807, 2.05) is 0 Å². The van der Waals surface area contributed by atoms with Crippen LogP contribution in [-0.2, 0) is 19.6 Å². The number of rotatable bonds is 3. The number of fused-ring (bicyclic) bond motifs is 1. The monoisotopic (exact) mass is 375 g/mol. The van der Waals surface area contributed by atoms with Crippen molar-refractivity contribution in [3.05, 3.63) is 42.7 Å². The van der Waals surface area contributed by atoms with Crippen LogP contribution in [0.5, 0.6) is 0 Å². The number of carbonyl (C=O) groups excluding carboxylic acids is 2. The Kier molecular flexibility index (Phi) is 4.00. The van der Waals surface area contributed by atoms with Crippen LogP contribution in [0.1, 0.15) is 0 Å². The Morgan fingerprint density at radius 3 is 2.58 bits per heavy atom. The van der Waals surface area contributed by atoms with Crippen LogP contribution in [-0.4, -0.2) is 71.4 Å². The zero-order valence-electron chi connectivity index (χ0n) is 13.8. The molecule has 10 heteroatoms. The molecule has 1 aromatic carbocycles. The minimum atomic E-state index is -3.75. The molecule has 9 nitrogen and oxygen atoms in total. The second-order valence-electron chi connectivity index (χ2n) is 6.13. The van der Waals surface area contributed by atoms with Gasteiger partial charge in [0.2, 0.25) is 21.8 Å². The van der Waals surface area contributed by atoms with Crippen LogP contribution in [0.15, 0.2) is 47.6 Å². The van der Waals surface area contributed by atoms with E-state index in [4.69, 9.17) is 0 Å². The number of nitrogens with zero attached hydrogens (tertiary/aromatic N) is 4. The standard InChI is InChI=1S/C16H17N5O4S/c22-15-10-17-16(23)14-11-19(8-9-20(14)15)26(24,25)13-4-2-12(3-5-13)21-7-1-6-18-21/h1-7,14H,8-11H2,(H,17,23). The molecule has 2 saturated heterocycles. The van der Waals surface area contributed by atoms with Crippen molar-refractivity contribution in [3.8, 4) is 5.69 Å². The van der Waals surface area contributed by atoms with Crippen LogP contribution < -0.4 is 5.32 Å². The van der Waals surface area contributed by atoms with E-state index in [1.165, 1.54) is 21.3 Å². The maximum atomic E-state index is 12.9. The first-order chi connectivity index (χ1) is 12.5. The van der Waals surface area contributed by atoms with Crippen LogP contribution in [0.4, 0.5) is 0 Å². The zero-order valence-corrected chi connectivity index (χ0v) is 14.6. The van der Waals surface area contributed by atoms with Crippen molar-refractivity contribution in [2.75, 3.05) is 26.2 Å². The Balaban J connectivity index is 1.57. The molecule has 0 saturated carbocycles. The number of aromatic nitrogens is 2. The lowest BCUT2D eigenvalue weighted by atomic mass is 10.1. The average Bonchev–Trinajstić information content (AvgIpc) is 3.19. The third-order valence-corrected chi connectivity index (χ3v) is 6.50. The molecule has 2 aliphatic heterocycles. The van der Waals surface area contributed by atoms with Crippen molar-refractivity contribution < 1.29 is 18.0 Å². The molecule has 2 amide bonds. The van der Waals surface area contributed by atoms with Gasteiger partial charge in [0.1, 0.15) is 6.04 Å². The van der Waals surface area contributed by atoms with Crippen LogP contribution >= 0.6 is 0 Å². The fourth-order valence-corrected chi connectivity index (χ4v) is 4.66. The van der Waals surface area contributed by atoms with Crippen molar-refractivity contribution in [2.24, 2.45) is 0 Å². The van der Waals surface area contributed by atoms with Crippen LogP contribution in [0.2, 0.25) is 0 Å². The number of hydrogen-bond acceptors (Lipinski definition) is 5. The first-order valence-corrected chi connectivity index (χ1v) is 9.58. The maximum Gasteiger partial charge on any atom is 0.244 e. The molecule has 4 rings (SSSR count). The molecule has 3 heterocycles. The van der Waals surface area contributed by atoms with Gasteiger partial charge >= 0.3 is 0 Å². The highest BCUT2D eigenvalue weighted by molar-refractivity contribution is 7.89. The quantitative estimate of drug-likeness (QED) is 0.757. The highest BCUT2D eigenvalue weighted by Gasteiger charge is 2.42. The minimum absolute atomic E-state index is 0.0308. The number of benzene rings is 1. The van der Waals surface area contributed by atoms with E-state index >= 15 is 0 Å². The van der Waals surface area contributed by atoms with Crippen molar-refractivity contribution in [1.82, 2.24) is 24.3 Å². The lowest BCUT2D eigenvalue weighted by molar-refractivity contribution is -0.147. The van der Waals surface area contributed by atoms with Gasteiger partial charge in [0.25, 0.3) is 0 Å². The summed E-state index contributed by atoms with van der Waals surface area (Å²) in [4.78, 5) is 25.5. The Labute approximate surface area is 150 Å². The van der Waals surface area contributed by atoms with Gasteiger partial charge in [-0.25, -0.2) is 13.1 Å². The topological polar surface area (TPSA) is 105 Å². The van der Waals surface area contributed by atoms with Gasteiger partial charge < -0.3 is 10.2 Å². The molecule has 2 aliphatic rings. The summed E-state index contributed by atoms with van der Waals surface area (Å²) in [6.45, 7) is 0.304. The third-order valence-electron chi connectivity index (χ3n) is 4.62. The Hall–Kier alpha value is -2.72. The first-order valence-electron chi connectivity index (χ1n) is 8.14. The molecule has 1 N–H and O–H groups in total. The number of carbonyl (C=O) groups is 2. The van der Waals surface area contributed by atoms with Crippen LogP contribution in [0.3, 0.4) is 0 Å². The van der Waals surface area contributed by atoms with E-state index in [0.29, 0.717) is 0 Å². The highest BCUT2D eigenvalue weighted by atomic mass is 32.2. The Morgan fingerprint density at radius 1 is 1.12 bits per heavy atom. The molecule has 0 bridgehead atoms. The van der Waals surface area contributed by atoms with Gasteiger partial charge in [0, 0.05) is 32.0 Å². The predicted molar refractivity (Wildman–Crippen MR) is 90.8 cm³/mol. The Morgan fingerprint density at radius 2 is 1.88 bits per heavy atom. The molecule has 2 fully saturated rings. The number of sulfonamides is 1. The van der Waals surface area contributed by atoms with E-state index < -0.39 is 16.1 Å². The van der Waals surface area contributed by atoms with Gasteiger partial charge in [-0.05, 0) is 30.3 Å². The molecular weight excluding hydrogens is 358 g/mol. The molecule has 1 aromatic heterocycles. The Bertz CT molecular complexity index is 940. The van der Waals surface area contributed by atoms with Gasteiger partial charge in [-0.3, -0.25) is 9.59 Å². The summed E-state index contributed by atoms with van der Waals surface area (Å²) in [5.74, 6) is -0.506. The second kappa shape index (κ2) is 6.22. The molecule has 2 aromatic rings. The predicted octanol–water partition coefficient (Wildman–Crippen LogP) is -0.796. The molecule has 136 valence electrons. The van der Waals surface area contributed by atoms with Gasteiger partial charge in [-0.15, -0.1) is 0 Å². The van der Waals surface area contributed by atoms with Gasteiger partial charge in [-0.2, -0.15) is 9.40 Å². The fourth-order valence-electron chi connectivity index (χ4n) is 3.22. The lowest BCUT2D eigenvalue weighted by Crippen LogP contribution is -2.66. The molecular formula is C16H17N5O4S. The van der Waals surface area contributed by atoms with E-state index in [0.717, 1.165) is 5.69 Å². The molecule has 26 heavy (non-hydrogen) atoms. The largest absolute Gasteiger partial charge is 0.345 e. The first kappa shape index (κ1) is 16.7.